The maximum absolute atomic E-state index is 12.5. The average molecular weight is 431 g/mol. The third-order valence-electron chi connectivity index (χ3n) is 5.46. The first-order chi connectivity index (χ1) is 14.3. The van der Waals surface area contributed by atoms with E-state index in [9.17, 15) is 13.2 Å². The molecule has 1 aliphatic rings. The quantitative estimate of drug-likeness (QED) is 0.697. The van der Waals surface area contributed by atoms with Crippen molar-refractivity contribution in [3.8, 4) is 5.75 Å². The second-order valence-electron chi connectivity index (χ2n) is 7.86. The number of rotatable bonds is 8. The molecule has 0 atom stereocenters. The molecule has 0 saturated carbocycles. The summed E-state index contributed by atoms with van der Waals surface area (Å²) in [7, 11) is -3.62. The number of likely N-dealkylation sites (tertiary alicyclic amines) is 1. The van der Waals surface area contributed by atoms with E-state index in [-0.39, 0.29) is 23.8 Å². The van der Waals surface area contributed by atoms with E-state index in [4.69, 9.17) is 4.74 Å². The average Bonchev–Trinajstić information content (AvgIpc) is 2.75. The lowest BCUT2D eigenvalue weighted by Gasteiger charge is -2.32. The van der Waals surface area contributed by atoms with Gasteiger partial charge in [0.25, 0.3) is 0 Å². The van der Waals surface area contributed by atoms with Crippen LogP contribution in [0.4, 0.5) is 0 Å². The Morgan fingerprint density at radius 1 is 1.10 bits per heavy atom. The Hall–Kier alpha value is -2.38. The molecule has 2 aromatic carbocycles. The Morgan fingerprint density at radius 3 is 2.50 bits per heavy atom. The van der Waals surface area contributed by atoms with Crippen LogP contribution < -0.4 is 9.46 Å². The number of benzene rings is 2. The van der Waals surface area contributed by atoms with Crippen molar-refractivity contribution in [3.05, 3.63) is 59.7 Å². The van der Waals surface area contributed by atoms with Gasteiger partial charge in [-0.25, -0.2) is 13.1 Å². The van der Waals surface area contributed by atoms with Crippen molar-refractivity contribution in [3.63, 3.8) is 0 Å². The molecule has 3 rings (SSSR count). The number of carbonyl (C=O) groups is 1. The van der Waals surface area contributed by atoms with Crippen molar-refractivity contribution in [2.75, 3.05) is 26.2 Å². The first-order valence-corrected chi connectivity index (χ1v) is 11.9. The van der Waals surface area contributed by atoms with Crippen molar-refractivity contribution in [2.45, 2.75) is 38.0 Å². The number of piperidine rings is 1. The van der Waals surface area contributed by atoms with Crippen LogP contribution in [0.25, 0.3) is 0 Å². The molecule has 1 amide bonds. The van der Waals surface area contributed by atoms with Crippen molar-refractivity contribution < 1.29 is 17.9 Å². The van der Waals surface area contributed by atoms with Gasteiger partial charge in [-0.05, 0) is 61.9 Å². The third kappa shape index (κ3) is 6.06. The largest absolute Gasteiger partial charge is 0.493 e. The third-order valence-corrected chi connectivity index (χ3v) is 7.06. The number of sulfonamides is 1. The minimum atomic E-state index is -3.62. The van der Waals surface area contributed by atoms with Crippen LogP contribution in [0.2, 0.25) is 0 Å². The van der Waals surface area contributed by atoms with E-state index in [1.165, 1.54) is 0 Å². The molecule has 30 heavy (non-hydrogen) atoms. The Morgan fingerprint density at radius 2 is 1.80 bits per heavy atom. The van der Waals surface area contributed by atoms with Gasteiger partial charge in [-0.3, -0.25) is 4.79 Å². The van der Waals surface area contributed by atoms with Crippen LogP contribution in [0.5, 0.6) is 5.75 Å². The summed E-state index contributed by atoms with van der Waals surface area (Å²) in [5.74, 6) is 1.28. The zero-order valence-corrected chi connectivity index (χ0v) is 18.5. The first-order valence-electron chi connectivity index (χ1n) is 10.4. The van der Waals surface area contributed by atoms with Gasteiger partial charge in [-0.1, -0.05) is 30.3 Å². The number of hydrogen-bond acceptors (Lipinski definition) is 4. The van der Waals surface area contributed by atoms with Crippen LogP contribution in [-0.4, -0.2) is 45.5 Å². The van der Waals surface area contributed by atoms with Crippen LogP contribution in [0.15, 0.2) is 53.4 Å². The number of aryl methyl sites for hydroxylation is 2. The smallest absolute Gasteiger partial charge is 0.240 e. The molecule has 7 heteroatoms. The van der Waals surface area contributed by atoms with Crippen LogP contribution >= 0.6 is 0 Å². The lowest BCUT2D eigenvalue weighted by atomic mass is 9.97. The van der Waals surface area contributed by atoms with E-state index in [2.05, 4.69) is 4.72 Å². The molecule has 0 spiro atoms. The van der Waals surface area contributed by atoms with Gasteiger partial charge in [-0.2, -0.15) is 0 Å². The number of hydrogen-bond donors (Lipinski definition) is 1. The zero-order chi connectivity index (χ0) is 21.6. The summed E-state index contributed by atoms with van der Waals surface area (Å²) in [6.45, 7) is 5.76. The number of nitrogens with one attached hydrogen (secondary N) is 1. The number of para-hydroxylation sites is 1. The topological polar surface area (TPSA) is 75.7 Å². The molecule has 0 bridgehead atoms. The summed E-state index contributed by atoms with van der Waals surface area (Å²) in [6, 6.07) is 15.1. The fraction of sp³-hybridized carbons (Fsp3) is 0.435. The maximum Gasteiger partial charge on any atom is 0.240 e. The molecule has 1 N–H and O–H groups in total. The van der Waals surface area contributed by atoms with Crippen molar-refractivity contribution in [1.29, 1.82) is 0 Å². The number of ether oxygens (including phenoxy) is 1. The summed E-state index contributed by atoms with van der Waals surface area (Å²) in [4.78, 5) is 14.6. The molecule has 0 unspecified atom stereocenters. The van der Waals surface area contributed by atoms with Crippen LogP contribution in [0, 0.1) is 19.8 Å². The predicted molar refractivity (Wildman–Crippen MR) is 117 cm³/mol. The molecule has 0 radical (unpaired) electrons. The molecular formula is C23H30N2O4S. The second kappa shape index (κ2) is 10.1. The van der Waals surface area contributed by atoms with Crippen LogP contribution in [0.3, 0.4) is 0 Å². The van der Waals surface area contributed by atoms with E-state index in [1.807, 2.05) is 48.2 Å². The molecule has 162 valence electrons. The highest BCUT2D eigenvalue weighted by Gasteiger charge is 2.24. The standard InChI is InChI=1S/C23H30N2O4S/c1-18-8-9-19(2)22(16-18)30(27,28)24-13-10-23(26)25-14-11-20(12-15-25)17-29-21-6-4-3-5-7-21/h3-9,16,20,24H,10-15,17H2,1-2H3. The Bertz CT molecular complexity index is 952. The van der Waals surface area contributed by atoms with Crippen molar-refractivity contribution >= 4 is 15.9 Å². The van der Waals surface area contributed by atoms with Gasteiger partial charge in [0, 0.05) is 26.1 Å². The number of amides is 1. The lowest BCUT2D eigenvalue weighted by molar-refractivity contribution is -0.132. The van der Waals surface area contributed by atoms with E-state index < -0.39 is 10.0 Å². The second-order valence-corrected chi connectivity index (χ2v) is 9.60. The normalized spacial score (nSPS) is 15.2. The van der Waals surface area contributed by atoms with Gasteiger partial charge < -0.3 is 9.64 Å². The fourth-order valence-electron chi connectivity index (χ4n) is 3.60. The number of nitrogens with zero attached hydrogens (tertiary/aromatic N) is 1. The summed E-state index contributed by atoms with van der Waals surface area (Å²) in [6.07, 6.45) is 1.95. The monoisotopic (exact) mass is 430 g/mol. The molecule has 6 nitrogen and oxygen atoms in total. The first kappa shape index (κ1) is 22.3. The SMILES string of the molecule is Cc1ccc(C)c(S(=O)(=O)NCCC(=O)N2CCC(COc3ccccc3)CC2)c1. The molecule has 0 aromatic heterocycles. The van der Waals surface area contributed by atoms with Crippen LogP contribution in [0.1, 0.15) is 30.4 Å². The highest BCUT2D eigenvalue weighted by Crippen LogP contribution is 2.20. The molecule has 1 fully saturated rings. The van der Waals surface area contributed by atoms with E-state index >= 15 is 0 Å². The molecule has 1 aliphatic heterocycles. The Balaban J connectivity index is 1.41. The zero-order valence-electron chi connectivity index (χ0n) is 17.6. The van der Waals surface area contributed by atoms with Gasteiger partial charge in [0.2, 0.25) is 15.9 Å². The lowest BCUT2D eigenvalue weighted by Crippen LogP contribution is -2.41. The fourth-order valence-corrected chi connectivity index (χ4v) is 4.96. The summed E-state index contributed by atoms with van der Waals surface area (Å²) >= 11 is 0. The van der Waals surface area contributed by atoms with Crippen molar-refractivity contribution in [2.24, 2.45) is 5.92 Å². The minimum Gasteiger partial charge on any atom is -0.493 e. The molecule has 1 heterocycles. The van der Waals surface area contributed by atoms with Gasteiger partial charge in [0.1, 0.15) is 5.75 Å². The van der Waals surface area contributed by atoms with Crippen molar-refractivity contribution in [1.82, 2.24) is 9.62 Å². The van der Waals surface area contributed by atoms with E-state index in [0.29, 0.717) is 31.2 Å². The Kier molecular flexibility index (Phi) is 7.50. The summed E-state index contributed by atoms with van der Waals surface area (Å²) in [5, 5.41) is 0. The molecular weight excluding hydrogens is 400 g/mol. The van der Waals surface area contributed by atoms with E-state index in [1.54, 1.807) is 19.1 Å². The Labute approximate surface area is 179 Å². The molecule has 1 saturated heterocycles. The molecule has 2 aromatic rings. The van der Waals surface area contributed by atoms with Gasteiger partial charge in [0.05, 0.1) is 11.5 Å². The van der Waals surface area contributed by atoms with Gasteiger partial charge in [-0.15, -0.1) is 0 Å². The van der Waals surface area contributed by atoms with E-state index in [0.717, 1.165) is 24.2 Å². The van der Waals surface area contributed by atoms with Crippen LogP contribution in [-0.2, 0) is 14.8 Å². The highest BCUT2D eigenvalue weighted by atomic mass is 32.2. The summed E-state index contributed by atoms with van der Waals surface area (Å²) in [5.41, 5.74) is 1.58. The highest BCUT2D eigenvalue weighted by molar-refractivity contribution is 7.89. The van der Waals surface area contributed by atoms with Gasteiger partial charge >= 0.3 is 0 Å². The predicted octanol–water partition coefficient (Wildman–Crippen LogP) is 3.29. The maximum atomic E-state index is 12.5. The molecule has 0 aliphatic carbocycles. The number of carbonyl (C=O) groups excluding carboxylic acids is 1. The summed E-state index contributed by atoms with van der Waals surface area (Å²) < 4.78 is 33.5. The minimum absolute atomic E-state index is 0.0129. The van der Waals surface area contributed by atoms with Gasteiger partial charge in [0.15, 0.2) is 0 Å².